The van der Waals surface area contributed by atoms with Crippen molar-refractivity contribution in [2.45, 2.75) is 13.8 Å². The molecule has 0 saturated heterocycles. The van der Waals surface area contributed by atoms with Crippen LogP contribution in [0.2, 0.25) is 10.0 Å². The summed E-state index contributed by atoms with van der Waals surface area (Å²) in [7, 11) is 0. The molecule has 0 heterocycles. The van der Waals surface area contributed by atoms with Gasteiger partial charge in [-0.2, -0.15) is 0 Å². The van der Waals surface area contributed by atoms with Crippen LogP contribution in [-0.4, -0.2) is 44.2 Å². The Kier molecular flexibility index (Phi) is 8.22. The Labute approximate surface area is 125 Å². The first kappa shape index (κ1) is 16.6. The van der Waals surface area contributed by atoms with Gasteiger partial charge in [-0.1, -0.05) is 37.0 Å². The highest BCUT2D eigenvalue weighted by molar-refractivity contribution is 6.34. The summed E-state index contributed by atoms with van der Waals surface area (Å²) in [6.07, 6.45) is 0. The lowest BCUT2D eigenvalue weighted by atomic mass is 10.3. The minimum atomic E-state index is 0.582. The van der Waals surface area contributed by atoms with E-state index in [1.807, 2.05) is 0 Å². The largest absolute Gasteiger partial charge is 0.491 e. The predicted molar refractivity (Wildman–Crippen MR) is 82.6 cm³/mol. The molecule has 3 nitrogen and oxygen atoms in total. The van der Waals surface area contributed by atoms with Gasteiger partial charge in [0.05, 0.1) is 5.02 Å². The van der Waals surface area contributed by atoms with Crippen molar-refractivity contribution in [3.63, 3.8) is 0 Å². The zero-order valence-electron chi connectivity index (χ0n) is 11.6. The Hall–Kier alpha value is -0.480. The fourth-order valence-electron chi connectivity index (χ4n) is 1.72. The fourth-order valence-corrected chi connectivity index (χ4v) is 2.06. The van der Waals surface area contributed by atoms with E-state index in [0.29, 0.717) is 22.4 Å². The number of halogens is 2. The third kappa shape index (κ3) is 6.48. The smallest absolute Gasteiger partial charge is 0.139 e. The van der Waals surface area contributed by atoms with Crippen LogP contribution in [-0.2, 0) is 0 Å². The zero-order valence-corrected chi connectivity index (χ0v) is 13.1. The molecule has 0 amide bonds. The Morgan fingerprint density at radius 2 is 1.89 bits per heavy atom. The lowest BCUT2D eigenvalue weighted by molar-refractivity contribution is 0.285. The van der Waals surface area contributed by atoms with Crippen LogP contribution in [0.25, 0.3) is 0 Å². The summed E-state index contributed by atoms with van der Waals surface area (Å²) in [6.45, 7) is 9.93. The van der Waals surface area contributed by atoms with Crippen LogP contribution in [0.15, 0.2) is 18.2 Å². The van der Waals surface area contributed by atoms with Crippen molar-refractivity contribution in [2.24, 2.45) is 0 Å². The molecule has 0 aliphatic heterocycles. The maximum Gasteiger partial charge on any atom is 0.139 e. The molecular formula is C14H22Cl2N2O. The number of likely N-dealkylation sites (N-methyl/N-ethyl adjacent to an activating group) is 1. The minimum Gasteiger partial charge on any atom is -0.491 e. The molecule has 0 atom stereocenters. The van der Waals surface area contributed by atoms with E-state index < -0.39 is 0 Å². The molecule has 108 valence electrons. The quantitative estimate of drug-likeness (QED) is 0.709. The summed E-state index contributed by atoms with van der Waals surface area (Å²) in [6, 6.07) is 5.23. The molecule has 0 unspecified atom stereocenters. The number of rotatable bonds is 9. The summed E-state index contributed by atoms with van der Waals surface area (Å²) in [5, 5.41) is 4.57. The lowest BCUT2D eigenvalue weighted by Crippen LogP contribution is -2.33. The van der Waals surface area contributed by atoms with Crippen molar-refractivity contribution >= 4 is 23.2 Å². The molecule has 1 aromatic rings. The molecule has 0 spiro atoms. The van der Waals surface area contributed by atoms with E-state index in [1.165, 1.54) is 0 Å². The van der Waals surface area contributed by atoms with Crippen molar-refractivity contribution in [3.05, 3.63) is 28.2 Å². The van der Waals surface area contributed by atoms with Gasteiger partial charge in [0.25, 0.3) is 0 Å². The maximum atomic E-state index is 6.00. The predicted octanol–water partition coefficient (Wildman–Crippen LogP) is 3.30. The van der Waals surface area contributed by atoms with Gasteiger partial charge in [0.2, 0.25) is 0 Å². The van der Waals surface area contributed by atoms with Gasteiger partial charge in [-0.25, -0.2) is 0 Å². The minimum absolute atomic E-state index is 0.582. The second-order valence-corrected chi connectivity index (χ2v) is 5.04. The highest BCUT2D eigenvalue weighted by Crippen LogP contribution is 2.27. The van der Waals surface area contributed by atoms with Crippen LogP contribution < -0.4 is 10.1 Å². The molecule has 0 fully saturated rings. The second-order valence-electron chi connectivity index (χ2n) is 4.20. The fraction of sp³-hybridized carbons (Fsp3) is 0.571. The highest BCUT2D eigenvalue weighted by atomic mass is 35.5. The summed E-state index contributed by atoms with van der Waals surface area (Å²) >= 11 is 11.9. The van der Waals surface area contributed by atoms with Crippen molar-refractivity contribution in [1.82, 2.24) is 10.2 Å². The monoisotopic (exact) mass is 304 g/mol. The van der Waals surface area contributed by atoms with Crippen LogP contribution >= 0.6 is 23.2 Å². The van der Waals surface area contributed by atoms with E-state index >= 15 is 0 Å². The first-order valence-electron chi connectivity index (χ1n) is 6.68. The lowest BCUT2D eigenvalue weighted by Gasteiger charge is -2.18. The Bertz CT molecular complexity index is 370. The molecule has 5 heteroatoms. The highest BCUT2D eigenvalue weighted by Gasteiger charge is 2.02. The molecule has 0 aliphatic rings. The van der Waals surface area contributed by atoms with Crippen molar-refractivity contribution in [1.29, 1.82) is 0 Å². The van der Waals surface area contributed by atoms with E-state index in [9.17, 15) is 0 Å². The zero-order chi connectivity index (χ0) is 14.1. The number of benzene rings is 1. The molecule has 0 saturated carbocycles. The van der Waals surface area contributed by atoms with Gasteiger partial charge < -0.3 is 15.0 Å². The normalized spacial score (nSPS) is 11.0. The third-order valence-electron chi connectivity index (χ3n) is 2.93. The van der Waals surface area contributed by atoms with Gasteiger partial charge in [0.15, 0.2) is 0 Å². The van der Waals surface area contributed by atoms with Gasteiger partial charge >= 0.3 is 0 Å². The average Bonchev–Trinajstić information content (AvgIpc) is 2.42. The molecule has 0 aliphatic carbocycles. The van der Waals surface area contributed by atoms with Crippen LogP contribution in [0.3, 0.4) is 0 Å². The van der Waals surface area contributed by atoms with Crippen LogP contribution in [0.1, 0.15) is 13.8 Å². The van der Waals surface area contributed by atoms with Crippen LogP contribution in [0.4, 0.5) is 0 Å². The summed E-state index contributed by atoms with van der Waals surface area (Å²) in [4.78, 5) is 2.38. The Morgan fingerprint density at radius 3 is 2.58 bits per heavy atom. The summed E-state index contributed by atoms with van der Waals surface area (Å²) < 4.78 is 5.58. The van der Waals surface area contributed by atoms with Gasteiger partial charge in [-0.15, -0.1) is 0 Å². The third-order valence-corrected chi connectivity index (χ3v) is 3.48. The maximum absolute atomic E-state index is 6.00. The molecule has 0 bridgehead atoms. The van der Waals surface area contributed by atoms with Gasteiger partial charge in [0.1, 0.15) is 12.4 Å². The number of hydrogen-bond acceptors (Lipinski definition) is 3. The first-order valence-corrected chi connectivity index (χ1v) is 7.43. The molecule has 1 N–H and O–H groups in total. The van der Waals surface area contributed by atoms with Crippen LogP contribution in [0.5, 0.6) is 5.75 Å². The topological polar surface area (TPSA) is 24.5 Å². The Morgan fingerprint density at radius 1 is 1.16 bits per heavy atom. The van der Waals surface area contributed by atoms with E-state index in [2.05, 4.69) is 24.1 Å². The molecule has 0 radical (unpaired) electrons. The number of ether oxygens (including phenoxy) is 1. The number of hydrogen-bond donors (Lipinski definition) is 1. The Balaban J connectivity index is 2.15. The molecular weight excluding hydrogens is 283 g/mol. The van der Waals surface area contributed by atoms with E-state index in [4.69, 9.17) is 27.9 Å². The standard InChI is InChI=1S/C14H22Cl2N2O/c1-3-18(4-2)9-7-17-8-10-19-14-11-12(15)5-6-13(14)16/h5-6,11,17H,3-4,7-10H2,1-2H3. The van der Waals surface area contributed by atoms with E-state index in [-0.39, 0.29) is 0 Å². The van der Waals surface area contributed by atoms with E-state index in [0.717, 1.165) is 32.7 Å². The summed E-state index contributed by atoms with van der Waals surface area (Å²) in [5.74, 6) is 0.639. The number of nitrogens with one attached hydrogen (secondary N) is 1. The summed E-state index contributed by atoms with van der Waals surface area (Å²) in [5.41, 5.74) is 0. The molecule has 0 aromatic heterocycles. The molecule has 1 rings (SSSR count). The average molecular weight is 305 g/mol. The van der Waals surface area contributed by atoms with E-state index in [1.54, 1.807) is 18.2 Å². The SMILES string of the molecule is CCN(CC)CCNCCOc1cc(Cl)ccc1Cl. The van der Waals surface area contributed by atoms with Gasteiger partial charge in [-0.05, 0) is 25.2 Å². The van der Waals surface area contributed by atoms with Crippen LogP contribution in [0, 0.1) is 0 Å². The van der Waals surface area contributed by atoms with Gasteiger partial charge in [-0.3, -0.25) is 0 Å². The van der Waals surface area contributed by atoms with Crippen molar-refractivity contribution < 1.29 is 4.74 Å². The molecule has 19 heavy (non-hydrogen) atoms. The molecule has 1 aromatic carbocycles. The van der Waals surface area contributed by atoms with Crippen molar-refractivity contribution in [3.8, 4) is 5.75 Å². The number of nitrogens with zero attached hydrogens (tertiary/aromatic N) is 1. The first-order chi connectivity index (χ1) is 9.17. The van der Waals surface area contributed by atoms with Crippen molar-refractivity contribution in [2.75, 3.05) is 39.3 Å². The van der Waals surface area contributed by atoms with Gasteiger partial charge in [0, 0.05) is 30.7 Å². The second kappa shape index (κ2) is 9.43.